The van der Waals surface area contributed by atoms with Crippen molar-refractivity contribution in [3.8, 4) is 0 Å². The summed E-state index contributed by atoms with van der Waals surface area (Å²) < 4.78 is 10.7. The number of nitrogens with one attached hydrogen (secondary N) is 1. The molecule has 0 saturated carbocycles. The Kier molecular flexibility index (Phi) is 4.28. The maximum atomic E-state index is 10.8. The van der Waals surface area contributed by atoms with Gasteiger partial charge in [0.25, 0.3) is 0 Å². The Morgan fingerprint density at radius 3 is 2.67 bits per heavy atom. The Labute approximate surface area is 87.8 Å². The van der Waals surface area contributed by atoms with Crippen LogP contribution in [0.3, 0.4) is 0 Å². The highest BCUT2D eigenvalue weighted by atomic mass is 31.2. The normalized spacial score (nSPS) is 27.6. The molecule has 4 N–H and O–H groups in total. The zero-order valence-electron chi connectivity index (χ0n) is 8.30. The van der Waals surface area contributed by atoms with Gasteiger partial charge < -0.3 is 20.2 Å². The molecule has 0 aromatic heterocycles. The van der Waals surface area contributed by atoms with Gasteiger partial charge in [-0.05, 0) is 31.7 Å². The number of carboxylic acids is 1. The van der Waals surface area contributed by atoms with E-state index in [1.807, 2.05) is 0 Å². The third kappa shape index (κ3) is 4.30. The van der Waals surface area contributed by atoms with Gasteiger partial charge in [0.2, 0.25) is 0 Å². The van der Waals surface area contributed by atoms with E-state index in [1.165, 1.54) is 0 Å². The van der Waals surface area contributed by atoms with E-state index < -0.39 is 19.6 Å². The lowest BCUT2D eigenvalue weighted by atomic mass is 9.89. The third-order valence-electron chi connectivity index (χ3n) is 2.64. The second kappa shape index (κ2) is 5.07. The predicted octanol–water partition coefficient (Wildman–Crippen LogP) is 0.00700. The van der Waals surface area contributed by atoms with Crippen LogP contribution >= 0.6 is 7.60 Å². The molecule has 0 aromatic rings. The van der Waals surface area contributed by atoms with E-state index in [0.717, 1.165) is 6.42 Å². The first-order chi connectivity index (χ1) is 6.90. The Hall–Kier alpha value is -0.420. The second-order valence-corrected chi connectivity index (χ2v) is 5.63. The van der Waals surface area contributed by atoms with Crippen molar-refractivity contribution in [1.29, 1.82) is 0 Å². The molecule has 1 fully saturated rings. The monoisotopic (exact) mass is 237 g/mol. The molecule has 6 nitrogen and oxygen atoms in total. The fourth-order valence-corrected chi connectivity index (χ4v) is 2.56. The number of piperidine rings is 1. The summed E-state index contributed by atoms with van der Waals surface area (Å²) in [5.41, 5.74) is 0. The minimum atomic E-state index is -4.01. The second-order valence-electron chi connectivity index (χ2n) is 3.85. The summed E-state index contributed by atoms with van der Waals surface area (Å²) in [5, 5.41) is 11.7. The molecule has 0 amide bonds. The summed E-state index contributed by atoms with van der Waals surface area (Å²) in [7, 11) is -4.01. The van der Waals surface area contributed by atoms with E-state index in [9.17, 15) is 9.36 Å². The Morgan fingerprint density at radius 2 is 2.13 bits per heavy atom. The number of aliphatic carboxylic acids is 1. The minimum absolute atomic E-state index is 0.177. The van der Waals surface area contributed by atoms with Gasteiger partial charge in [-0.2, -0.15) is 0 Å². The van der Waals surface area contributed by atoms with Crippen molar-refractivity contribution in [3.05, 3.63) is 0 Å². The average molecular weight is 237 g/mol. The van der Waals surface area contributed by atoms with Gasteiger partial charge >= 0.3 is 13.6 Å². The molecule has 1 aliphatic rings. The van der Waals surface area contributed by atoms with Crippen LogP contribution in [-0.4, -0.2) is 39.6 Å². The zero-order valence-corrected chi connectivity index (χ0v) is 9.19. The van der Waals surface area contributed by atoms with Crippen LogP contribution in [0.5, 0.6) is 0 Å². The average Bonchev–Trinajstić information content (AvgIpc) is 2.14. The molecule has 15 heavy (non-hydrogen) atoms. The molecule has 0 bridgehead atoms. The number of carboxylic acid groups (broad SMARTS) is 1. The van der Waals surface area contributed by atoms with Gasteiger partial charge in [0.05, 0.1) is 6.16 Å². The van der Waals surface area contributed by atoms with Crippen molar-refractivity contribution in [3.63, 3.8) is 0 Å². The first kappa shape index (κ1) is 12.6. The van der Waals surface area contributed by atoms with E-state index >= 15 is 0 Å². The molecular formula is C8H16NO5P. The van der Waals surface area contributed by atoms with Crippen molar-refractivity contribution in [2.75, 3.05) is 12.7 Å². The van der Waals surface area contributed by atoms with Crippen LogP contribution in [0.15, 0.2) is 0 Å². The molecule has 1 heterocycles. The van der Waals surface area contributed by atoms with E-state index in [-0.39, 0.29) is 18.5 Å². The third-order valence-corrected chi connectivity index (χ3v) is 3.49. The maximum Gasteiger partial charge on any atom is 0.325 e. The smallest absolute Gasteiger partial charge is 0.325 e. The fourth-order valence-electron chi connectivity index (χ4n) is 1.89. The van der Waals surface area contributed by atoms with Crippen molar-refractivity contribution in [2.24, 2.45) is 5.92 Å². The minimum Gasteiger partial charge on any atom is -0.480 e. The number of hydrogen-bond acceptors (Lipinski definition) is 3. The van der Waals surface area contributed by atoms with Gasteiger partial charge in [0, 0.05) is 0 Å². The van der Waals surface area contributed by atoms with Crippen molar-refractivity contribution in [2.45, 2.75) is 25.3 Å². The molecule has 0 unspecified atom stereocenters. The SMILES string of the molecule is O=C(O)[C@H]1NCCC[C@H]1CCP(=O)(O)O. The van der Waals surface area contributed by atoms with Crippen molar-refractivity contribution < 1.29 is 24.3 Å². The quantitative estimate of drug-likeness (QED) is 0.513. The molecule has 1 aliphatic heterocycles. The lowest BCUT2D eigenvalue weighted by Crippen LogP contribution is -2.47. The van der Waals surface area contributed by atoms with Gasteiger partial charge in [-0.15, -0.1) is 0 Å². The molecule has 0 aliphatic carbocycles. The molecular weight excluding hydrogens is 221 g/mol. The molecule has 1 saturated heterocycles. The first-order valence-electron chi connectivity index (χ1n) is 4.91. The van der Waals surface area contributed by atoms with E-state index in [4.69, 9.17) is 14.9 Å². The Morgan fingerprint density at radius 1 is 1.47 bits per heavy atom. The van der Waals surface area contributed by atoms with Crippen LogP contribution in [0.25, 0.3) is 0 Å². The topological polar surface area (TPSA) is 107 Å². The summed E-state index contributed by atoms with van der Waals surface area (Å²) in [6.07, 6.45) is 1.59. The molecule has 0 radical (unpaired) electrons. The zero-order chi connectivity index (χ0) is 11.5. The van der Waals surface area contributed by atoms with Gasteiger partial charge in [-0.25, -0.2) is 0 Å². The van der Waals surface area contributed by atoms with Crippen LogP contribution in [0.4, 0.5) is 0 Å². The number of hydrogen-bond donors (Lipinski definition) is 4. The van der Waals surface area contributed by atoms with Gasteiger partial charge in [0.15, 0.2) is 0 Å². The van der Waals surface area contributed by atoms with Gasteiger partial charge in [-0.3, -0.25) is 9.36 Å². The Balaban J connectivity index is 2.50. The van der Waals surface area contributed by atoms with Crippen molar-refractivity contribution in [1.82, 2.24) is 5.32 Å². The predicted molar refractivity (Wildman–Crippen MR) is 53.7 cm³/mol. The highest BCUT2D eigenvalue weighted by Crippen LogP contribution is 2.37. The lowest BCUT2D eigenvalue weighted by molar-refractivity contribution is -0.141. The number of carbonyl (C=O) groups is 1. The summed E-state index contributed by atoms with van der Waals surface area (Å²) in [6, 6.07) is -0.662. The number of rotatable bonds is 4. The fraction of sp³-hybridized carbons (Fsp3) is 0.875. The molecule has 1 rings (SSSR count). The standard InChI is InChI=1S/C8H16NO5P/c10-8(11)7-6(2-1-4-9-7)3-5-15(12,13)14/h6-7,9H,1-5H2,(H,10,11)(H2,12,13,14)/t6-,7-/m0/s1. The highest BCUT2D eigenvalue weighted by molar-refractivity contribution is 7.51. The lowest BCUT2D eigenvalue weighted by Gasteiger charge is -2.29. The van der Waals surface area contributed by atoms with Crippen LogP contribution < -0.4 is 5.32 Å². The van der Waals surface area contributed by atoms with E-state index in [2.05, 4.69) is 5.32 Å². The Bertz CT molecular complexity index is 276. The summed E-state index contributed by atoms with van der Waals surface area (Å²) in [6.45, 7) is 0.656. The van der Waals surface area contributed by atoms with Crippen LogP contribution in [0, 0.1) is 5.92 Å². The summed E-state index contributed by atoms with van der Waals surface area (Å²) >= 11 is 0. The first-order valence-corrected chi connectivity index (χ1v) is 6.70. The molecule has 0 spiro atoms. The van der Waals surface area contributed by atoms with E-state index in [1.54, 1.807) is 0 Å². The summed E-state index contributed by atoms with van der Waals surface area (Å²) in [5.74, 6) is -1.12. The molecule has 2 atom stereocenters. The van der Waals surface area contributed by atoms with E-state index in [0.29, 0.717) is 13.0 Å². The molecule has 7 heteroatoms. The molecule has 0 aromatic carbocycles. The van der Waals surface area contributed by atoms with Crippen LogP contribution in [0.2, 0.25) is 0 Å². The maximum absolute atomic E-state index is 10.8. The summed E-state index contributed by atoms with van der Waals surface area (Å²) in [4.78, 5) is 28.3. The van der Waals surface area contributed by atoms with Crippen LogP contribution in [0.1, 0.15) is 19.3 Å². The van der Waals surface area contributed by atoms with Gasteiger partial charge in [0.1, 0.15) is 6.04 Å². The largest absolute Gasteiger partial charge is 0.480 e. The molecule has 88 valence electrons. The van der Waals surface area contributed by atoms with Crippen LogP contribution in [-0.2, 0) is 9.36 Å². The van der Waals surface area contributed by atoms with Gasteiger partial charge in [-0.1, -0.05) is 0 Å². The highest BCUT2D eigenvalue weighted by Gasteiger charge is 2.31. The van der Waals surface area contributed by atoms with Crippen molar-refractivity contribution >= 4 is 13.6 Å².